The summed E-state index contributed by atoms with van der Waals surface area (Å²) in [6.07, 6.45) is 3.37. The number of nitrogens with zero attached hydrogens (tertiary/aromatic N) is 1. The SMILES string of the molecule is CC1CCc2sc(C(=O)OCc3csc(-c4ccccc4)n3)cc2C1. The number of fused-ring (bicyclic) bond motifs is 1. The molecule has 1 aliphatic carbocycles. The summed E-state index contributed by atoms with van der Waals surface area (Å²) in [5.41, 5.74) is 3.22. The third-order valence-corrected chi connectivity index (χ3v) is 6.61. The molecule has 2 heterocycles. The lowest BCUT2D eigenvalue weighted by atomic mass is 9.90. The van der Waals surface area contributed by atoms with Crippen LogP contribution in [0.1, 0.15) is 39.2 Å². The number of benzene rings is 1. The fourth-order valence-electron chi connectivity index (χ4n) is 3.10. The van der Waals surface area contributed by atoms with Gasteiger partial charge in [0, 0.05) is 15.8 Å². The minimum absolute atomic E-state index is 0.223. The Balaban J connectivity index is 1.40. The van der Waals surface area contributed by atoms with Crippen LogP contribution >= 0.6 is 22.7 Å². The molecule has 128 valence electrons. The first kappa shape index (κ1) is 16.5. The maximum Gasteiger partial charge on any atom is 0.348 e. The molecule has 0 radical (unpaired) electrons. The van der Waals surface area contributed by atoms with Gasteiger partial charge in [0.05, 0.1) is 5.69 Å². The molecule has 1 aromatic carbocycles. The van der Waals surface area contributed by atoms with E-state index in [9.17, 15) is 4.79 Å². The second-order valence-corrected chi connectivity index (χ2v) is 8.49. The normalized spacial score (nSPS) is 16.4. The average molecular weight is 370 g/mol. The molecule has 1 unspecified atom stereocenters. The summed E-state index contributed by atoms with van der Waals surface area (Å²) in [6, 6.07) is 12.1. The van der Waals surface area contributed by atoms with Crippen LogP contribution in [0, 0.1) is 5.92 Å². The van der Waals surface area contributed by atoms with E-state index in [0.717, 1.165) is 34.0 Å². The van der Waals surface area contributed by atoms with E-state index in [-0.39, 0.29) is 12.6 Å². The highest BCUT2D eigenvalue weighted by molar-refractivity contribution is 7.14. The van der Waals surface area contributed by atoms with Crippen LogP contribution in [-0.4, -0.2) is 11.0 Å². The van der Waals surface area contributed by atoms with Gasteiger partial charge in [-0.25, -0.2) is 9.78 Å². The standard InChI is InChI=1S/C20H19NO2S2/c1-13-7-8-17-15(9-13)10-18(25-17)20(22)23-11-16-12-24-19(21-16)14-5-3-2-4-6-14/h2-6,10,12-13H,7-9,11H2,1H3. The Bertz CT molecular complexity index is 882. The Morgan fingerprint density at radius 2 is 2.16 bits per heavy atom. The number of carbonyl (C=O) groups excluding carboxylic acids is 1. The maximum atomic E-state index is 12.4. The number of ether oxygens (including phenoxy) is 1. The summed E-state index contributed by atoms with van der Waals surface area (Å²) in [6.45, 7) is 2.49. The molecule has 0 fully saturated rings. The number of thiazole rings is 1. The first-order valence-corrected chi connectivity index (χ1v) is 10.2. The molecule has 5 heteroatoms. The van der Waals surface area contributed by atoms with Gasteiger partial charge in [0.1, 0.15) is 16.5 Å². The van der Waals surface area contributed by atoms with Gasteiger partial charge < -0.3 is 4.74 Å². The Labute approximate surface area is 155 Å². The summed E-state index contributed by atoms with van der Waals surface area (Å²) in [7, 11) is 0. The van der Waals surface area contributed by atoms with Crippen LogP contribution in [0.2, 0.25) is 0 Å². The van der Waals surface area contributed by atoms with Gasteiger partial charge in [-0.3, -0.25) is 0 Å². The zero-order valence-electron chi connectivity index (χ0n) is 14.0. The molecule has 0 spiro atoms. The van der Waals surface area contributed by atoms with Gasteiger partial charge in [-0.15, -0.1) is 22.7 Å². The van der Waals surface area contributed by atoms with Crippen molar-refractivity contribution < 1.29 is 9.53 Å². The lowest BCUT2D eigenvalue weighted by Crippen LogP contribution is -2.08. The first-order valence-electron chi connectivity index (χ1n) is 8.47. The van der Waals surface area contributed by atoms with Crippen LogP contribution in [0.25, 0.3) is 10.6 Å². The smallest absolute Gasteiger partial charge is 0.348 e. The number of esters is 1. The molecule has 2 aromatic heterocycles. The molecule has 3 nitrogen and oxygen atoms in total. The van der Waals surface area contributed by atoms with Gasteiger partial charge in [-0.2, -0.15) is 0 Å². The van der Waals surface area contributed by atoms with Crippen molar-refractivity contribution >= 4 is 28.6 Å². The molecular formula is C20H19NO2S2. The van der Waals surface area contributed by atoms with Crippen molar-refractivity contribution in [2.24, 2.45) is 5.92 Å². The maximum absolute atomic E-state index is 12.4. The molecule has 0 amide bonds. The van der Waals surface area contributed by atoms with Crippen molar-refractivity contribution in [3.8, 4) is 10.6 Å². The van der Waals surface area contributed by atoms with Gasteiger partial charge in [-0.05, 0) is 36.8 Å². The topological polar surface area (TPSA) is 39.2 Å². The van der Waals surface area contributed by atoms with E-state index in [0.29, 0.717) is 5.92 Å². The Morgan fingerprint density at radius 1 is 1.32 bits per heavy atom. The van der Waals surface area contributed by atoms with Gasteiger partial charge in [-0.1, -0.05) is 37.3 Å². The van der Waals surface area contributed by atoms with Gasteiger partial charge in [0.15, 0.2) is 0 Å². The van der Waals surface area contributed by atoms with E-state index >= 15 is 0 Å². The lowest BCUT2D eigenvalue weighted by molar-refractivity contribution is 0.0474. The number of aromatic nitrogens is 1. The van der Waals surface area contributed by atoms with Crippen LogP contribution in [0.4, 0.5) is 0 Å². The van der Waals surface area contributed by atoms with E-state index in [1.807, 2.05) is 41.8 Å². The van der Waals surface area contributed by atoms with Crippen LogP contribution < -0.4 is 0 Å². The highest BCUT2D eigenvalue weighted by Gasteiger charge is 2.21. The minimum Gasteiger partial charge on any atom is -0.455 e. The first-order chi connectivity index (χ1) is 12.2. The van der Waals surface area contributed by atoms with Crippen LogP contribution in [0.15, 0.2) is 41.8 Å². The van der Waals surface area contributed by atoms with E-state index in [1.165, 1.54) is 16.9 Å². The molecule has 0 N–H and O–H groups in total. The zero-order chi connectivity index (χ0) is 17.2. The quantitative estimate of drug-likeness (QED) is 0.582. The Hall–Kier alpha value is -1.98. The summed E-state index contributed by atoms with van der Waals surface area (Å²) >= 11 is 3.16. The van der Waals surface area contributed by atoms with Gasteiger partial charge in [0.2, 0.25) is 0 Å². The fraction of sp³-hybridized carbons (Fsp3) is 0.300. The van der Waals surface area contributed by atoms with Crippen molar-refractivity contribution in [2.75, 3.05) is 0 Å². The molecule has 0 saturated carbocycles. The number of carbonyl (C=O) groups is 1. The van der Waals surface area contributed by atoms with Crippen molar-refractivity contribution in [1.82, 2.24) is 4.98 Å². The lowest BCUT2D eigenvalue weighted by Gasteiger charge is -2.16. The molecule has 4 rings (SSSR count). The highest BCUT2D eigenvalue weighted by atomic mass is 32.1. The Morgan fingerprint density at radius 3 is 3.00 bits per heavy atom. The van der Waals surface area contributed by atoms with E-state index in [4.69, 9.17) is 4.74 Å². The zero-order valence-corrected chi connectivity index (χ0v) is 15.7. The minimum atomic E-state index is -0.235. The molecular weight excluding hydrogens is 350 g/mol. The molecule has 0 aliphatic heterocycles. The molecule has 0 bridgehead atoms. The van der Waals surface area contributed by atoms with Crippen LogP contribution in [0.5, 0.6) is 0 Å². The molecule has 1 atom stereocenters. The summed E-state index contributed by atoms with van der Waals surface area (Å²) in [5.74, 6) is 0.471. The van der Waals surface area contributed by atoms with Crippen molar-refractivity contribution in [2.45, 2.75) is 32.8 Å². The second kappa shape index (κ2) is 7.10. The number of aryl methyl sites for hydroxylation is 1. The number of hydrogen-bond donors (Lipinski definition) is 0. The predicted octanol–water partition coefficient (Wildman–Crippen LogP) is 5.35. The van der Waals surface area contributed by atoms with Crippen molar-refractivity contribution in [1.29, 1.82) is 0 Å². The molecule has 25 heavy (non-hydrogen) atoms. The molecule has 3 aromatic rings. The van der Waals surface area contributed by atoms with Crippen molar-refractivity contribution in [3.05, 3.63) is 62.8 Å². The Kier molecular flexibility index (Phi) is 4.68. The van der Waals surface area contributed by atoms with Crippen molar-refractivity contribution in [3.63, 3.8) is 0 Å². The summed E-state index contributed by atoms with van der Waals surface area (Å²) in [5, 5.41) is 2.91. The third-order valence-electron chi connectivity index (χ3n) is 4.45. The van der Waals surface area contributed by atoms with Gasteiger partial charge >= 0.3 is 5.97 Å². The molecule has 0 saturated heterocycles. The highest BCUT2D eigenvalue weighted by Crippen LogP contribution is 2.32. The number of thiophene rings is 1. The number of rotatable bonds is 4. The summed E-state index contributed by atoms with van der Waals surface area (Å²) in [4.78, 5) is 19.0. The van der Waals surface area contributed by atoms with E-state index in [2.05, 4.69) is 11.9 Å². The molecule has 1 aliphatic rings. The summed E-state index contributed by atoms with van der Waals surface area (Å²) < 4.78 is 5.48. The average Bonchev–Trinajstić information content (AvgIpc) is 3.27. The van der Waals surface area contributed by atoms with Crippen LogP contribution in [-0.2, 0) is 24.2 Å². The van der Waals surface area contributed by atoms with Gasteiger partial charge in [0.25, 0.3) is 0 Å². The van der Waals surface area contributed by atoms with E-state index in [1.54, 1.807) is 22.7 Å². The third kappa shape index (κ3) is 3.67. The second-order valence-electron chi connectivity index (χ2n) is 6.49. The van der Waals surface area contributed by atoms with Crippen LogP contribution in [0.3, 0.4) is 0 Å². The predicted molar refractivity (Wildman–Crippen MR) is 102 cm³/mol. The van der Waals surface area contributed by atoms with E-state index < -0.39 is 0 Å². The largest absolute Gasteiger partial charge is 0.455 e. The number of hydrogen-bond acceptors (Lipinski definition) is 5. The monoisotopic (exact) mass is 369 g/mol. The fourth-order valence-corrected chi connectivity index (χ4v) is 5.02.